The maximum Gasteiger partial charge on any atom is 0.306 e. The highest BCUT2D eigenvalue weighted by molar-refractivity contribution is 5.79. The lowest BCUT2D eigenvalue weighted by Crippen LogP contribution is -2.29. The minimum atomic E-state index is -0.714. The van der Waals surface area contributed by atoms with Crippen molar-refractivity contribution in [2.75, 3.05) is 5.32 Å². The molecule has 1 saturated carbocycles. The average molecular weight is 439 g/mol. The van der Waals surface area contributed by atoms with E-state index in [-0.39, 0.29) is 12.0 Å². The largest absolute Gasteiger partial charge is 0.481 e. The molecule has 0 saturated heterocycles. The van der Waals surface area contributed by atoms with Gasteiger partial charge in [-0.3, -0.25) is 9.89 Å². The third-order valence-electron chi connectivity index (χ3n) is 5.73. The van der Waals surface area contributed by atoms with E-state index >= 15 is 0 Å². The molecule has 0 amide bonds. The lowest BCUT2D eigenvalue weighted by atomic mass is 9.86. The first kappa shape index (κ1) is 20.6. The van der Waals surface area contributed by atoms with Gasteiger partial charge in [-0.2, -0.15) is 5.10 Å². The first-order valence-corrected chi connectivity index (χ1v) is 10.7. The second-order valence-corrected chi connectivity index (χ2v) is 7.98. The molecule has 0 radical (unpaired) electrons. The number of aromatic amines is 1. The van der Waals surface area contributed by atoms with E-state index in [0.29, 0.717) is 36.0 Å². The monoisotopic (exact) mass is 439 g/mol. The minimum Gasteiger partial charge on any atom is -0.481 e. The number of carboxylic acid groups (broad SMARTS) is 1. The molecule has 0 spiro atoms. The molecule has 1 aliphatic rings. The number of nitrogens with one attached hydrogen (secondary N) is 2. The number of anilines is 1. The van der Waals surface area contributed by atoms with Crippen molar-refractivity contribution in [2.45, 2.75) is 31.7 Å². The highest BCUT2D eigenvalue weighted by atomic mass is 16.4. The number of carboxylic acids is 1. The van der Waals surface area contributed by atoms with Crippen LogP contribution < -0.4 is 5.32 Å². The summed E-state index contributed by atoms with van der Waals surface area (Å²) in [6.45, 7) is 0. The number of nitrogens with zero attached hydrogens (tertiary/aromatic N) is 5. The van der Waals surface area contributed by atoms with Crippen LogP contribution >= 0.6 is 0 Å². The zero-order chi connectivity index (χ0) is 22.6. The van der Waals surface area contributed by atoms with Crippen LogP contribution in [0.4, 0.5) is 5.95 Å². The summed E-state index contributed by atoms with van der Waals surface area (Å²) in [7, 11) is 0. The van der Waals surface area contributed by atoms with Crippen LogP contribution in [0.5, 0.6) is 0 Å². The third-order valence-corrected chi connectivity index (χ3v) is 5.73. The fourth-order valence-corrected chi connectivity index (χ4v) is 3.93. The van der Waals surface area contributed by atoms with Gasteiger partial charge in [-0.15, -0.1) is 0 Å². The molecule has 0 bridgehead atoms. The molecule has 5 rings (SSSR count). The summed E-state index contributed by atoms with van der Waals surface area (Å²) in [6, 6.07) is 9.52. The van der Waals surface area contributed by atoms with Crippen molar-refractivity contribution in [3.63, 3.8) is 0 Å². The zero-order valence-electron chi connectivity index (χ0n) is 17.7. The van der Waals surface area contributed by atoms with E-state index in [0.717, 1.165) is 29.3 Å². The van der Waals surface area contributed by atoms with E-state index in [4.69, 9.17) is 5.11 Å². The Bertz CT molecular complexity index is 1360. The smallest absolute Gasteiger partial charge is 0.306 e. The SMILES string of the molecule is O=C(O)C1CCC(Nc2nccc(-c3nccc(C#Cc4ccc5[nH]ncc5c4)n3)n2)CC1. The number of aromatic nitrogens is 6. The van der Waals surface area contributed by atoms with Gasteiger partial charge in [0.1, 0.15) is 11.4 Å². The topological polar surface area (TPSA) is 130 Å². The number of hydrogen-bond acceptors (Lipinski definition) is 7. The molecule has 4 aromatic rings. The second-order valence-electron chi connectivity index (χ2n) is 7.98. The van der Waals surface area contributed by atoms with Crippen molar-refractivity contribution in [1.82, 2.24) is 30.1 Å². The molecule has 1 aromatic carbocycles. The number of hydrogen-bond donors (Lipinski definition) is 3. The summed E-state index contributed by atoms with van der Waals surface area (Å²) in [5, 5.41) is 20.4. The van der Waals surface area contributed by atoms with Gasteiger partial charge < -0.3 is 10.4 Å². The van der Waals surface area contributed by atoms with Gasteiger partial charge in [0.25, 0.3) is 0 Å². The van der Waals surface area contributed by atoms with Gasteiger partial charge in [-0.25, -0.2) is 19.9 Å². The number of carbonyl (C=O) groups is 1. The maximum absolute atomic E-state index is 11.1. The lowest BCUT2D eigenvalue weighted by molar-refractivity contribution is -0.142. The lowest BCUT2D eigenvalue weighted by Gasteiger charge is -2.26. The van der Waals surface area contributed by atoms with Crippen LogP contribution in [0.25, 0.3) is 22.4 Å². The van der Waals surface area contributed by atoms with Crippen LogP contribution in [0.1, 0.15) is 36.9 Å². The van der Waals surface area contributed by atoms with Gasteiger partial charge in [0.2, 0.25) is 5.95 Å². The van der Waals surface area contributed by atoms with Gasteiger partial charge in [0, 0.05) is 29.4 Å². The Morgan fingerprint density at radius 3 is 2.73 bits per heavy atom. The van der Waals surface area contributed by atoms with Gasteiger partial charge in [0.15, 0.2) is 5.82 Å². The van der Waals surface area contributed by atoms with Gasteiger partial charge >= 0.3 is 5.97 Å². The summed E-state index contributed by atoms with van der Waals surface area (Å²) in [5.41, 5.74) is 3.02. The number of rotatable bonds is 4. The Balaban J connectivity index is 1.30. The molecule has 164 valence electrons. The van der Waals surface area contributed by atoms with Crippen molar-refractivity contribution >= 4 is 22.8 Å². The Labute approximate surface area is 189 Å². The second kappa shape index (κ2) is 9.04. The van der Waals surface area contributed by atoms with E-state index in [1.54, 1.807) is 30.7 Å². The van der Waals surface area contributed by atoms with Crippen LogP contribution in [0, 0.1) is 17.8 Å². The summed E-state index contributed by atoms with van der Waals surface area (Å²) >= 11 is 0. The number of fused-ring (bicyclic) bond motifs is 1. The van der Waals surface area contributed by atoms with E-state index < -0.39 is 5.97 Å². The van der Waals surface area contributed by atoms with Crippen molar-refractivity contribution in [2.24, 2.45) is 5.92 Å². The van der Waals surface area contributed by atoms with E-state index in [1.807, 2.05) is 18.2 Å². The predicted molar refractivity (Wildman–Crippen MR) is 122 cm³/mol. The summed E-state index contributed by atoms with van der Waals surface area (Å²) in [6.07, 6.45) is 7.95. The van der Waals surface area contributed by atoms with Crippen LogP contribution in [0.15, 0.2) is 48.9 Å². The Hall–Kier alpha value is -4.32. The molecule has 3 aromatic heterocycles. The fourth-order valence-electron chi connectivity index (χ4n) is 3.93. The fraction of sp³-hybridized carbons (Fsp3) is 0.250. The molecule has 1 fully saturated rings. The van der Waals surface area contributed by atoms with Crippen LogP contribution in [-0.4, -0.2) is 47.3 Å². The normalized spacial score (nSPS) is 17.8. The quantitative estimate of drug-likeness (QED) is 0.413. The highest BCUT2D eigenvalue weighted by Crippen LogP contribution is 2.26. The third kappa shape index (κ3) is 4.80. The molecule has 0 unspecified atom stereocenters. The van der Waals surface area contributed by atoms with E-state index in [2.05, 4.69) is 47.3 Å². The molecule has 0 atom stereocenters. The van der Waals surface area contributed by atoms with Crippen molar-refractivity contribution in [1.29, 1.82) is 0 Å². The van der Waals surface area contributed by atoms with Gasteiger partial charge in [-0.1, -0.05) is 5.92 Å². The molecule has 1 aliphatic carbocycles. The highest BCUT2D eigenvalue weighted by Gasteiger charge is 2.26. The first-order valence-electron chi connectivity index (χ1n) is 10.7. The van der Waals surface area contributed by atoms with Crippen LogP contribution in [0.3, 0.4) is 0 Å². The molecular weight excluding hydrogens is 418 g/mol. The molecular formula is C24H21N7O2. The predicted octanol–water partition coefficient (Wildman–Crippen LogP) is 3.27. The number of H-pyrrole nitrogens is 1. The Morgan fingerprint density at radius 1 is 1.03 bits per heavy atom. The standard InChI is InChI=1S/C24H21N7O2/c32-23(33)16-3-6-18(7-4-16)29-24-26-12-10-21(30-24)22-25-11-9-19(28-22)5-1-15-2-8-20-17(13-15)14-27-31-20/h2,8-14,16,18H,3-4,6-7H2,(H,27,31)(H,32,33)(H,26,29,30). The Morgan fingerprint density at radius 2 is 1.88 bits per heavy atom. The first-order chi connectivity index (χ1) is 16.1. The van der Waals surface area contributed by atoms with Crippen molar-refractivity contribution in [3.05, 3.63) is 60.2 Å². The van der Waals surface area contributed by atoms with Crippen LogP contribution in [-0.2, 0) is 4.79 Å². The van der Waals surface area contributed by atoms with Crippen molar-refractivity contribution < 1.29 is 9.90 Å². The molecule has 0 aliphatic heterocycles. The summed E-state index contributed by atoms with van der Waals surface area (Å²) < 4.78 is 0. The van der Waals surface area contributed by atoms with Crippen LogP contribution in [0.2, 0.25) is 0 Å². The molecule has 3 N–H and O–H groups in total. The number of aliphatic carboxylic acids is 1. The average Bonchev–Trinajstić information content (AvgIpc) is 3.31. The van der Waals surface area contributed by atoms with E-state index in [1.165, 1.54) is 0 Å². The minimum absolute atomic E-state index is 0.154. The van der Waals surface area contributed by atoms with Gasteiger partial charge in [0.05, 0.1) is 17.6 Å². The summed E-state index contributed by atoms with van der Waals surface area (Å²) in [4.78, 5) is 28.9. The maximum atomic E-state index is 11.1. The molecule has 9 heteroatoms. The Kier molecular flexibility index (Phi) is 5.64. The molecule has 9 nitrogen and oxygen atoms in total. The molecule has 3 heterocycles. The zero-order valence-corrected chi connectivity index (χ0v) is 17.7. The summed E-state index contributed by atoms with van der Waals surface area (Å²) in [5.74, 6) is 6.19. The van der Waals surface area contributed by atoms with E-state index in [9.17, 15) is 4.79 Å². The van der Waals surface area contributed by atoms with Crippen molar-refractivity contribution in [3.8, 4) is 23.4 Å². The van der Waals surface area contributed by atoms with Gasteiger partial charge in [-0.05, 0) is 61.9 Å². The number of benzene rings is 1. The molecule has 33 heavy (non-hydrogen) atoms.